The first-order chi connectivity index (χ1) is 10.3. The molecule has 1 aromatic carbocycles. The number of oxazole rings is 1. The molecule has 1 heterocycles. The van der Waals surface area contributed by atoms with Crippen LogP contribution >= 0.6 is 0 Å². The molecule has 0 radical (unpaired) electrons. The van der Waals surface area contributed by atoms with Crippen molar-refractivity contribution in [1.82, 2.24) is 4.98 Å². The summed E-state index contributed by atoms with van der Waals surface area (Å²) in [6.07, 6.45) is 3.38. The van der Waals surface area contributed by atoms with E-state index in [0.29, 0.717) is 29.3 Å². The Morgan fingerprint density at radius 2 is 2.09 bits per heavy atom. The van der Waals surface area contributed by atoms with Crippen molar-refractivity contribution in [2.45, 2.75) is 26.8 Å². The first kappa shape index (κ1) is 16.2. The Morgan fingerprint density at radius 1 is 1.36 bits per heavy atom. The summed E-state index contributed by atoms with van der Waals surface area (Å²) >= 11 is 0. The third-order valence-corrected chi connectivity index (χ3v) is 4.31. The first-order valence-electron chi connectivity index (χ1n) is 6.83. The Morgan fingerprint density at radius 3 is 2.64 bits per heavy atom. The lowest BCUT2D eigenvalue weighted by Gasteiger charge is -2.21. The van der Waals surface area contributed by atoms with E-state index >= 15 is 0 Å². The summed E-state index contributed by atoms with van der Waals surface area (Å²) in [6, 6.07) is 6.48. The highest BCUT2D eigenvalue weighted by Gasteiger charge is 2.21. The van der Waals surface area contributed by atoms with Crippen LogP contribution in [0.15, 0.2) is 34.9 Å². The van der Waals surface area contributed by atoms with Gasteiger partial charge in [-0.2, -0.15) is 0 Å². The van der Waals surface area contributed by atoms with Crippen molar-refractivity contribution < 1.29 is 17.6 Å². The maximum atomic E-state index is 12.1. The van der Waals surface area contributed by atoms with Crippen LogP contribution < -0.4 is 4.31 Å². The molecule has 0 fully saturated rings. The molecule has 0 atom stereocenters. The number of hydrogen-bond donors (Lipinski definition) is 0. The molecule has 22 heavy (non-hydrogen) atoms. The second-order valence-corrected chi connectivity index (χ2v) is 6.86. The third kappa shape index (κ3) is 3.73. The first-order valence-corrected chi connectivity index (χ1v) is 8.68. The highest BCUT2D eigenvalue weighted by Crippen LogP contribution is 2.22. The van der Waals surface area contributed by atoms with E-state index in [1.807, 2.05) is 6.92 Å². The average Bonchev–Trinajstić information content (AvgIpc) is 2.91. The number of ketones is 1. The SMILES string of the molecule is CCc1cnc(CN(c2cccc(C(C)=O)c2)S(C)(=O)=O)o1. The van der Waals surface area contributed by atoms with Gasteiger partial charge in [-0.25, -0.2) is 13.4 Å². The molecule has 0 amide bonds. The van der Waals surface area contributed by atoms with Gasteiger partial charge in [0.05, 0.1) is 18.1 Å². The lowest BCUT2D eigenvalue weighted by atomic mass is 10.1. The van der Waals surface area contributed by atoms with Crippen LogP contribution in [-0.2, 0) is 23.0 Å². The quantitative estimate of drug-likeness (QED) is 0.763. The van der Waals surface area contributed by atoms with E-state index in [1.165, 1.54) is 11.2 Å². The molecule has 7 heteroatoms. The van der Waals surface area contributed by atoms with Crippen molar-refractivity contribution in [3.8, 4) is 0 Å². The highest BCUT2D eigenvalue weighted by atomic mass is 32.2. The van der Waals surface area contributed by atoms with Crippen molar-refractivity contribution in [3.05, 3.63) is 47.7 Å². The van der Waals surface area contributed by atoms with E-state index in [4.69, 9.17) is 4.42 Å². The zero-order chi connectivity index (χ0) is 16.3. The van der Waals surface area contributed by atoms with E-state index in [9.17, 15) is 13.2 Å². The summed E-state index contributed by atoms with van der Waals surface area (Å²) in [5, 5.41) is 0. The summed E-state index contributed by atoms with van der Waals surface area (Å²) in [5.74, 6) is 0.885. The van der Waals surface area contributed by atoms with Gasteiger partial charge in [0.1, 0.15) is 12.3 Å². The third-order valence-electron chi connectivity index (χ3n) is 3.17. The Kier molecular flexibility index (Phi) is 4.65. The predicted octanol–water partition coefficient (Wildman–Crippen LogP) is 2.41. The summed E-state index contributed by atoms with van der Waals surface area (Å²) in [7, 11) is -3.53. The van der Waals surface area contributed by atoms with Crippen LogP contribution in [0.25, 0.3) is 0 Å². The van der Waals surface area contributed by atoms with Gasteiger partial charge in [-0.05, 0) is 19.1 Å². The highest BCUT2D eigenvalue weighted by molar-refractivity contribution is 7.92. The number of nitrogens with zero attached hydrogens (tertiary/aromatic N) is 2. The minimum Gasteiger partial charge on any atom is -0.444 e. The van der Waals surface area contributed by atoms with Gasteiger partial charge >= 0.3 is 0 Å². The zero-order valence-electron chi connectivity index (χ0n) is 12.7. The molecule has 0 N–H and O–H groups in total. The summed E-state index contributed by atoms with van der Waals surface area (Å²) in [5.41, 5.74) is 0.860. The standard InChI is InChI=1S/C15H18N2O4S/c1-4-14-9-16-15(21-14)10-17(22(3,19)20)13-7-5-6-12(8-13)11(2)18/h5-9H,4,10H2,1-3H3. The molecule has 2 rings (SSSR count). The summed E-state index contributed by atoms with van der Waals surface area (Å²) < 4.78 is 30.8. The Bertz CT molecular complexity index is 780. The molecule has 0 unspecified atom stereocenters. The maximum absolute atomic E-state index is 12.1. The smallest absolute Gasteiger partial charge is 0.232 e. The molecule has 118 valence electrons. The van der Waals surface area contributed by atoms with Crippen LogP contribution in [0.2, 0.25) is 0 Å². The van der Waals surface area contributed by atoms with Gasteiger partial charge in [0.15, 0.2) is 5.78 Å². The van der Waals surface area contributed by atoms with Crippen LogP contribution in [0.5, 0.6) is 0 Å². The second-order valence-electron chi connectivity index (χ2n) is 4.95. The summed E-state index contributed by atoms with van der Waals surface area (Å²) in [6.45, 7) is 3.35. The Balaban J connectivity index is 2.38. The fraction of sp³-hybridized carbons (Fsp3) is 0.333. The fourth-order valence-corrected chi connectivity index (χ4v) is 2.83. The van der Waals surface area contributed by atoms with Gasteiger partial charge in [-0.15, -0.1) is 0 Å². The number of Topliss-reactive ketones (excluding diaryl/α,β-unsaturated/α-hetero) is 1. The van der Waals surface area contributed by atoms with Crippen molar-refractivity contribution in [2.24, 2.45) is 0 Å². The number of aryl methyl sites for hydroxylation is 1. The molecule has 0 aliphatic heterocycles. The molecular formula is C15H18N2O4S. The molecular weight excluding hydrogens is 304 g/mol. The van der Waals surface area contributed by atoms with E-state index in [-0.39, 0.29) is 12.3 Å². The normalized spacial score (nSPS) is 11.4. The predicted molar refractivity (Wildman–Crippen MR) is 83.4 cm³/mol. The minimum absolute atomic E-state index is 0.0137. The Labute approximate surface area is 129 Å². The number of aromatic nitrogens is 1. The van der Waals surface area contributed by atoms with Crippen LogP contribution in [-0.4, -0.2) is 25.4 Å². The number of carbonyl (C=O) groups is 1. The topological polar surface area (TPSA) is 80.5 Å². The van der Waals surface area contributed by atoms with Crippen molar-refractivity contribution in [3.63, 3.8) is 0 Å². The number of rotatable bonds is 6. The number of sulfonamides is 1. The fourth-order valence-electron chi connectivity index (χ4n) is 1.99. The lowest BCUT2D eigenvalue weighted by Crippen LogP contribution is -2.29. The molecule has 0 spiro atoms. The van der Waals surface area contributed by atoms with E-state index < -0.39 is 10.0 Å². The zero-order valence-corrected chi connectivity index (χ0v) is 13.6. The van der Waals surface area contributed by atoms with Gasteiger partial charge < -0.3 is 4.42 Å². The monoisotopic (exact) mass is 322 g/mol. The Hall–Kier alpha value is -2.15. The lowest BCUT2D eigenvalue weighted by molar-refractivity contribution is 0.101. The molecule has 0 aliphatic carbocycles. The number of carbonyl (C=O) groups excluding carboxylic acids is 1. The van der Waals surface area contributed by atoms with Crippen LogP contribution in [0.4, 0.5) is 5.69 Å². The van der Waals surface area contributed by atoms with Crippen LogP contribution in [0, 0.1) is 0 Å². The van der Waals surface area contributed by atoms with Gasteiger partial charge in [0, 0.05) is 12.0 Å². The van der Waals surface area contributed by atoms with E-state index in [2.05, 4.69) is 4.98 Å². The van der Waals surface area contributed by atoms with Crippen molar-refractivity contribution >= 4 is 21.5 Å². The largest absolute Gasteiger partial charge is 0.444 e. The second kappa shape index (κ2) is 6.31. The van der Waals surface area contributed by atoms with E-state index in [0.717, 1.165) is 6.26 Å². The number of hydrogen-bond acceptors (Lipinski definition) is 5. The molecule has 1 aromatic heterocycles. The van der Waals surface area contributed by atoms with Crippen molar-refractivity contribution in [1.29, 1.82) is 0 Å². The van der Waals surface area contributed by atoms with Gasteiger partial charge in [-0.1, -0.05) is 19.1 Å². The number of benzene rings is 1. The van der Waals surface area contributed by atoms with Crippen molar-refractivity contribution in [2.75, 3.05) is 10.6 Å². The van der Waals surface area contributed by atoms with Crippen LogP contribution in [0.3, 0.4) is 0 Å². The molecule has 2 aromatic rings. The summed E-state index contributed by atoms with van der Waals surface area (Å²) in [4.78, 5) is 15.6. The minimum atomic E-state index is -3.53. The number of anilines is 1. The van der Waals surface area contributed by atoms with Gasteiger partial charge in [0.2, 0.25) is 15.9 Å². The van der Waals surface area contributed by atoms with Gasteiger partial charge in [0.25, 0.3) is 0 Å². The molecule has 0 bridgehead atoms. The van der Waals surface area contributed by atoms with Crippen LogP contribution in [0.1, 0.15) is 35.9 Å². The van der Waals surface area contributed by atoms with E-state index in [1.54, 1.807) is 30.5 Å². The molecule has 6 nitrogen and oxygen atoms in total. The molecule has 0 saturated carbocycles. The average molecular weight is 322 g/mol. The maximum Gasteiger partial charge on any atom is 0.232 e. The molecule has 0 aliphatic rings. The molecule has 0 saturated heterocycles. The van der Waals surface area contributed by atoms with Gasteiger partial charge in [-0.3, -0.25) is 9.10 Å².